The van der Waals surface area contributed by atoms with Gasteiger partial charge in [0.2, 0.25) is 5.91 Å². The first-order chi connectivity index (χ1) is 12.1. The number of carboxylic acids is 1. The lowest BCUT2D eigenvalue weighted by molar-refractivity contribution is -0.149. The first-order valence-corrected chi connectivity index (χ1v) is 9.14. The number of nitrogens with one attached hydrogen (secondary N) is 1. The molecule has 154 valence electrons. The SMILES string of the molecule is CCCC(C)C(O)C(=O)NCC(=O)OCC.CCCC(C)C(O)C(=O)O. The number of ether oxygens (including phenoxy) is 1. The van der Waals surface area contributed by atoms with Gasteiger partial charge in [0.05, 0.1) is 6.61 Å². The third-order valence-electron chi connectivity index (χ3n) is 3.80. The molecule has 0 saturated heterocycles. The Bertz CT molecular complexity index is 414. The van der Waals surface area contributed by atoms with E-state index in [1.165, 1.54) is 0 Å². The van der Waals surface area contributed by atoms with Crippen LogP contribution in [0.5, 0.6) is 0 Å². The summed E-state index contributed by atoms with van der Waals surface area (Å²) in [7, 11) is 0. The minimum absolute atomic E-state index is 0.104. The van der Waals surface area contributed by atoms with Crippen molar-refractivity contribution in [2.24, 2.45) is 11.8 Å². The third kappa shape index (κ3) is 12.7. The zero-order valence-corrected chi connectivity index (χ0v) is 16.5. The monoisotopic (exact) mass is 377 g/mol. The molecule has 0 rings (SSSR count). The number of hydrogen-bond donors (Lipinski definition) is 4. The fourth-order valence-corrected chi connectivity index (χ4v) is 2.20. The lowest BCUT2D eigenvalue weighted by atomic mass is 9.99. The Balaban J connectivity index is 0. The molecule has 0 aromatic carbocycles. The highest BCUT2D eigenvalue weighted by molar-refractivity contribution is 5.84. The van der Waals surface area contributed by atoms with Gasteiger partial charge in [-0.05, 0) is 31.6 Å². The number of hydrogen-bond acceptors (Lipinski definition) is 6. The van der Waals surface area contributed by atoms with Crippen molar-refractivity contribution in [1.29, 1.82) is 0 Å². The van der Waals surface area contributed by atoms with E-state index in [0.717, 1.165) is 25.7 Å². The van der Waals surface area contributed by atoms with Gasteiger partial charge in [0.1, 0.15) is 12.6 Å². The average molecular weight is 377 g/mol. The van der Waals surface area contributed by atoms with Crippen LogP contribution in [0.2, 0.25) is 0 Å². The Hall–Kier alpha value is -1.67. The van der Waals surface area contributed by atoms with E-state index in [1.54, 1.807) is 20.8 Å². The molecule has 4 N–H and O–H groups in total. The summed E-state index contributed by atoms with van der Waals surface area (Å²) in [5.74, 6) is -2.38. The van der Waals surface area contributed by atoms with Crippen molar-refractivity contribution in [2.45, 2.75) is 72.5 Å². The van der Waals surface area contributed by atoms with Crippen LogP contribution in [-0.2, 0) is 19.1 Å². The highest BCUT2D eigenvalue weighted by atomic mass is 16.5. The molecule has 0 aliphatic heterocycles. The molecule has 4 atom stereocenters. The van der Waals surface area contributed by atoms with Gasteiger partial charge in [0, 0.05) is 0 Å². The molecule has 0 bridgehead atoms. The summed E-state index contributed by atoms with van der Waals surface area (Å²) in [4.78, 5) is 32.5. The summed E-state index contributed by atoms with van der Waals surface area (Å²) >= 11 is 0. The van der Waals surface area contributed by atoms with Crippen LogP contribution < -0.4 is 5.32 Å². The van der Waals surface area contributed by atoms with Crippen LogP contribution in [0.1, 0.15) is 60.3 Å². The van der Waals surface area contributed by atoms with E-state index in [9.17, 15) is 19.5 Å². The molecule has 4 unspecified atom stereocenters. The predicted molar refractivity (Wildman–Crippen MR) is 97.4 cm³/mol. The first-order valence-electron chi connectivity index (χ1n) is 9.14. The van der Waals surface area contributed by atoms with Crippen molar-refractivity contribution in [3.05, 3.63) is 0 Å². The number of esters is 1. The molecular weight excluding hydrogens is 342 g/mol. The summed E-state index contributed by atoms with van der Waals surface area (Å²) in [5, 5.41) is 29.2. The number of rotatable bonds is 11. The highest BCUT2D eigenvalue weighted by Crippen LogP contribution is 2.10. The maximum atomic E-state index is 11.4. The van der Waals surface area contributed by atoms with E-state index in [-0.39, 0.29) is 25.0 Å². The minimum Gasteiger partial charge on any atom is -0.479 e. The zero-order chi connectivity index (χ0) is 20.7. The van der Waals surface area contributed by atoms with Crippen molar-refractivity contribution >= 4 is 17.8 Å². The van der Waals surface area contributed by atoms with Crippen LogP contribution in [0.25, 0.3) is 0 Å². The molecule has 26 heavy (non-hydrogen) atoms. The molecule has 0 saturated carbocycles. The van der Waals surface area contributed by atoms with Crippen molar-refractivity contribution in [3.8, 4) is 0 Å². The van der Waals surface area contributed by atoms with Crippen molar-refractivity contribution < 1.29 is 34.4 Å². The van der Waals surface area contributed by atoms with Crippen LogP contribution in [0, 0.1) is 11.8 Å². The van der Waals surface area contributed by atoms with Crippen LogP contribution in [0.4, 0.5) is 0 Å². The quantitative estimate of drug-likeness (QED) is 0.399. The summed E-state index contributed by atoms with van der Waals surface area (Å²) in [6, 6.07) is 0. The lowest BCUT2D eigenvalue weighted by Gasteiger charge is -2.17. The molecule has 8 nitrogen and oxygen atoms in total. The van der Waals surface area contributed by atoms with Gasteiger partial charge < -0.3 is 25.4 Å². The largest absolute Gasteiger partial charge is 0.479 e. The number of amides is 1. The van der Waals surface area contributed by atoms with Gasteiger partial charge in [-0.2, -0.15) is 0 Å². The van der Waals surface area contributed by atoms with Crippen LogP contribution in [0.3, 0.4) is 0 Å². The van der Waals surface area contributed by atoms with E-state index in [2.05, 4.69) is 10.1 Å². The Morgan fingerprint density at radius 1 is 0.923 bits per heavy atom. The van der Waals surface area contributed by atoms with Crippen molar-refractivity contribution in [1.82, 2.24) is 5.32 Å². The van der Waals surface area contributed by atoms with Gasteiger partial charge in [-0.1, -0.05) is 40.5 Å². The van der Waals surface area contributed by atoms with Gasteiger partial charge in [-0.25, -0.2) is 4.79 Å². The molecule has 0 aromatic rings. The Morgan fingerprint density at radius 2 is 1.38 bits per heavy atom. The van der Waals surface area contributed by atoms with E-state index in [0.29, 0.717) is 0 Å². The first kappa shape index (κ1) is 26.6. The molecule has 0 fully saturated rings. The van der Waals surface area contributed by atoms with Gasteiger partial charge in [-0.15, -0.1) is 0 Å². The van der Waals surface area contributed by atoms with E-state index < -0.39 is 30.1 Å². The number of aliphatic hydroxyl groups excluding tert-OH is 2. The van der Waals surface area contributed by atoms with Gasteiger partial charge in [0.15, 0.2) is 6.10 Å². The van der Waals surface area contributed by atoms with Crippen LogP contribution >= 0.6 is 0 Å². The summed E-state index contributed by atoms with van der Waals surface area (Å²) in [6.07, 6.45) is 1.09. The van der Waals surface area contributed by atoms with Crippen molar-refractivity contribution in [3.63, 3.8) is 0 Å². The predicted octanol–water partition coefficient (Wildman–Crippen LogP) is 1.33. The lowest BCUT2D eigenvalue weighted by Crippen LogP contribution is -2.41. The normalized spacial score (nSPS) is 14.9. The fourth-order valence-electron chi connectivity index (χ4n) is 2.20. The second kappa shape index (κ2) is 15.6. The van der Waals surface area contributed by atoms with Gasteiger partial charge in [0.25, 0.3) is 0 Å². The topological polar surface area (TPSA) is 133 Å². The molecule has 8 heteroatoms. The molecular formula is C18H35NO7. The minimum atomic E-state index is -1.19. The number of carboxylic acid groups (broad SMARTS) is 1. The summed E-state index contributed by atoms with van der Waals surface area (Å²) in [5.41, 5.74) is 0. The summed E-state index contributed by atoms with van der Waals surface area (Å²) < 4.78 is 4.64. The Labute approximate surface area is 155 Å². The molecule has 1 amide bonds. The second-order valence-electron chi connectivity index (χ2n) is 6.28. The van der Waals surface area contributed by atoms with Crippen molar-refractivity contribution in [2.75, 3.05) is 13.2 Å². The average Bonchev–Trinajstić information content (AvgIpc) is 2.59. The molecule has 0 heterocycles. The standard InChI is InChI=1S/C11H21NO4.C7H14O3/c1-4-6-8(3)10(14)11(15)12-7-9(13)16-5-2;1-3-4-5(2)6(8)7(9)10/h8,10,14H,4-7H2,1-3H3,(H,12,15);5-6,8H,3-4H2,1-2H3,(H,9,10). The zero-order valence-electron chi connectivity index (χ0n) is 16.5. The Morgan fingerprint density at radius 3 is 1.77 bits per heavy atom. The van der Waals surface area contributed by atoms with Crippen LogP contribution in [-0.4, -0.2) is 58.5 Å². The number of carbonyl (C=O) groups excluding carboxylic acids is 2. The number of aliphatic hydroxyl groups is 2. The van der Waals surface area contributed by atoms with E-state index in [1.807, 2.05) is 13.8 Å². The number of aliphatic carboxylic acids is 1. The fraction of sp³-hybridized carbons (Fsp3) is 0.833. The molecule has 0 radical (unpaired) electrons. The second-order valence-corrected chi connectivity index (χ2v) is 6.28. The van der Waals surface area contributed by atoms with Gasteiger partial charge >= 0.3 is 11.9 Å². The third-order valence-corrected chi connectivity index (χ3v) is 3.80. The molecule has 0 spiro atoms. The van der Waals surface area contributed by atoms with E-state index in [4.69, 9.17) is 10.2 Å². The summed E-state index contributed by atoms with van der Waals surface area (Å²) in [6.45, 7) is 9.27. The smallest absolute Gasteiger partial charge is 0.332 e. The van der Waals surface area contributed by atoms with E-state index >= 15 is 0 Å². The molecule has 0 aromatic heterocycles. The van der Waals surface area contributed by atoms with Gasteiger partial charge in [-0.3, -0.25) is 9.59 Å². The maximum Gasteiger partial charge on any atom is 0.332 e. The van der Waals surface area contributed by atoms with Crippen LogP contribution in [0.15, 0.2) is 0 Å². The number of carbonyl (C=O) groups is 3. The molecule has 0 aliphatic rings. The molecule has 0 aliphatic carbocycles. The maximum absolute atomic E-state index is 11.4. The highest BCUT2D eigenvalue weighted by Gasteiger charge is 2.22. The Kier molecular flexibility index (Phi) is 15.9.